The van der Waals surface area contributed by atoms with Crippen LogP contribution in [0.5, 0.6) is 0 Å². The van der Waals surface area contributed by atoms with Crippen LogP contribution >= 0.6 is 11.6 Å². The maximum atomic E-state index is 13.4. The summed E-state index contributed by atoms with van der Waals surface area (Å²) in [6.45, 7) is 2.07. The molecule has 1 aromatic rings. The topological polar surface area (TPSA) is 24.9 Å². The molecule has 15 heavy (non-hydrogen) atoms. The fraction of sp³-hybridized carbons (Fsp3) is 0.545. The molecule has 2 nitrogen and oxygen atoms in total. The van der Waals surface area contributed by atoms with Crippen LogP contribution in [0, 0.1) is 11.7 Å². The second-order valence-electron chi connectivity index (χ2n) is 4.11. The minimum absolute atomic E-state index is 0.280. The summed E-state index contributed by atoms with van der Waals surface area (Å²) in [5, 5.41) is 3.42. The molecule has 0 radical (unpaired) electrons. The highest BCUT2D eigenvalue weighted by Crippen LogP contribution is 2.31. The first-order chi connectivity index (χ1) is 7.16. The number of halogens is 2. The maximum Gasteiger partial charge on any atom is 0.166 e. The number of nitrogens with one attached hydrogen (secondary N) is 1. The van der Waals surface area contributed by atoms with Gasteiger partial charge in [0.15, 0.2) is 11.6 Å². The Bertz CT molecular complexity index is 352. The van der Waals surface area contributed by atoms with Crippen molar-refractivity contribution in [2.45, 2.75) is 32.2 Å². The Morgan fingerprint density at radius 3 is 2.87 bits per heavy atom. The predicted molar refractivity (Wildman–Crippen MR) is 59.6 cm³/mol. The molecular weight excluding hydrogens is 215 g/mol. The molecule has 1 aliphatic rings. The van der Waals surface area contributed by atoms with E-state index >= 15 is 0 Å². The molecule has 82 valence electrons. The first-order valence-corrected chi connectivity index (χ1v) is 5.62. The summed E-state index contributed by atoms with van der Waals surface area (Å²) < 4.78 is 13.4. The van der Waals surface area contributed by atoms with Gasteiger partial charge >= 0.3 is 0 Å². The quantitative estimate of drug-likeness (QED) is 0.857. The molecule has 0 aromatic carbocycles. The predicted octanol–water partition coefficient (Wildman–Crippen LogP) is 3.47. The largest absolute Gasteiger partial charge is 0.365 e. The van der Waals surface area contributed by atoms with Gasteiger partial charge in [0.05, 0.1) is 5.02 Å². The van der Waals surface area contributed by atoms with Crippen LogP contribution in [0.4, 0.5) is 10.2 Å². The molecule has 4 heteroatoms. The Morgan fingerprint density at radius 2 is 2.33 bits per heavy atom. The third-order valence-electron chi connectivity index (χ3n) is 3.03. The van der Waals surface area contributed by atoms with Crippen LogP contribution in [0.1, 0.15) is 26.2 Å². The van der Waals surface area contributed by atoms with Crippen molar-refractivity contribution < 1.29 is 4.39 Å². The molecule has 1 aromatic heterocycles. The third kappa shape index (κ3) is 2.40. The minimum Gasteiger partial charge on any atom is -0.365 e. The fourth-order valence-corrected chi connectivity index (χ4v) is 1.94. The minimum atomic E-state index is -0.381. The molecular formula is C11H14ClFN2. The van der Waals surface area contributed by atoms with Crippen LogP contribution in [0.3, 0.4) is 0 Å². The average Bonchev–Trinajstić information content (AvgIpc) is 2.07. The van der Waals surface area contributed by atoms with Gasteiger partial charge in [-0.25, -0.2) is 9.37 Å². The lowest BCUT2D eigenvalue weighted by atomic mass is 9.80. The fourth-order valence-electron chi connectivity index (χ4n) is 1.79. The molecule has 1 aliphatic carbocycles. The van der Waals surface area contributed by atoms with Crippen LogP contribution in [0.15, 0.2) is 12.3 Å². The molecule has 1 heterocycles. The number of hydrogen-bond acceptors (Lipinski definition) is 2. The maximum absolute atomic E-state index is 13.4. The Kier molecular flexibility index (Phi) is 3.10. The van der Waals surface area contributed by atoms with Gasteiger partial charge in [-0.15, -0.1) is 0 Å². The van der Waals surface area contributed by atoms with Gasteiger partial charge in [0, 0.05) is 12.2 Å². The van der Waals surface area contributed by atoms with Crippen LogP contribution in [0.2, 0.25) is 5.02 Å². The zero-order valence-corrected chi connectivity index (χ0v) is 9.39. The number of aromatic nitrogens is 1. The molecule has 1 fully saturated rings. The molecule has 1 N–H and O–H groups in total. The summed E-state index contributed by atoms with van der Waals surface area (Å²) in [5.41, 5.74) is 0. The molecule has 1 unspecified atom stereocenters. The van der Waals surface area contributed by atoms with E-state index in [1.807, 2.05) is 0 Å². The van der Waals surface area contributed by atoms with E-state index in [9.17, 15) is 4.39 Å². The average molecular weight is 229 g/mol. The summed E-state index contributed by atoms with van der Waals surface area (Å²) in [6.07, 6.45) is 5.19. The third-order valence-corrected chi connectivity index (χ3v) is 3.24. The molecule has 1 atom stereocenters. The lowest BCUT2D eigenvalue weighted by molar-refractivity contribution is 0.284. The summed E-state index contributed by atoms with van der Waals surface area (Å²) in [4.78, 5) is 3.94. The molecule has 0 amide bonds. The van der Waals surface area contributed by atoms with E-state index in [-0.39, 0.29) is 11.9 Å². The number of rotatable bonds is 3. The second kappa shape index (κ2) is 4.35. The van der Waals surface area contributed by atoms with Gasteiger partial charge in [-0.2, -0.15) is 0 Å². The zero-order chi connectivity index (χ0) is 10.8. The van der Waals surface area contributed by atoms with Crippen molar-refractivity contribution in [3.05, 3.63) is 23.1 Å². The highest BCUT2D eigenvalue weighted by atomic mass is 35.5. The highest BCUT2D eigenvalue weighted by molar-refractivity contribution is 6.30. The lowest BCUT2D eigenvalue weighted by Gasteiger charge is -2.32. The number of anilines is 1. The van der Waals surface area contributed by atoms with Crippen molar-refractivity contribution in [2.24, 2.45) is 5.92 Å². The van der Waals surface area contributed by atoms with Gasteiger partial charge in [-0.1, -0.05) is 18.0 Å². The van der Waals surface area contributed by atoms with E-state index in [1.165, 1.54) is 31.5 Å². The van der Waals surface area contributed by atoms with E-state index in [0.29, 0.717) is 16.8 Å². The normalized spacial score (nSPS) is 18.3. The number of nitrogens with zero attached hydrogens (tertiary/aromatic N) is 1. The molecule has 2 rings (SSSR count). The Balaban J connectivity index is 2.03. The van der Waals surface area contributed by atoms with Crippen molar-refractivity contribution in [3.8, 4) is 0 Å². The summed E-state index contributed by atoms with van der Waals surface area (Å²) in [6, 6.07) is 1.56. The first-order valence-electron chi connectivity index (χ1n) is 5.24. The number of pyridine rings is 1. The molecule has 1 saturated carbocycles. The van der Waals surface area contributed by atoms with Crippen molar-refractivity contribution >= 4 is 17.4 Å². The molecule has 0 bridgehead atoms. The molecule has 0 saturated heterocycles. The van der Waals surface area contributed by atoms with Crippen LogP contribution in [-0.4, -0.2) is 11.0 Å². The van der Waals surface area contributed by atoms with Gasteiger partial charge in [-0.3, -0.25) is 0 Å². The van der Waals surface area contributed by atoms with Crippen molar-refractivity contribution in [1.82, 2.24) is 4.98 Å². The summed E-state index contributed by atoms with van der Waals surface area (Å²) in [7, 11) is 0. The van der Waals surface area contributed by atoms with Crippen molar-refractivity contribution in [1.29, 1.82) is 0 Å². The molecule has 0 aliphatic heterocycles. The second-order valence-corrected chi connectivity index (χ2v) is 4.54. The van der Waals surface area contributed by atoms with Crippen molar-refractivity contribution in [2.75, 3.05) is 5.32 Å². The lowest BCUT2D eigenvalue weighted by Crippen LogP contribution is -2.31. The van der Waals surface area contributed by atoms with E-state index in [0.717, 1.165) is 0 Å². The van der Waals surface area contributed by atoms with Crippen LogP contribution in [0.25, 0.3) is 0 Å². The van der Waals surface area contributed by atoms with E-state index in [1.54, 1.807) is 0 Å². The van der Waals surface area contributed by atoms with Crippen LogP contribution in [-0.2, 0) is 0 Å². The highest BCUT2D eigenvalue weighted by Gasteiger charge is 2.24. The van der Waals surface area contributed by atoms with E-state index < -0.39 is 0 Å². The summed E-state index contributed by atoms with van der Waals surface area (Å²) >= 11 is 5.62. The summed E-state index contributed by atoms with van der Waals surface area (Å²) in [5.74, 6) is 0.578. The van der Waals surface area contributed by atoms with Gasteiger partial charge in [0.2, 0.25) is 0 Å². The van der Waals surface area contributed by atoms with Crippen LogP contribution < -0.4 is 5.32 Å². The standard InChI is InChI=1S/C11H14ClFN2/c1-7(8-3-2-4-8)15-11-10(13)5-9(12)6-14-11/h5-8H,2-4H2,1H3,(H,14,15). The smallest absolute Gasteiger partial charge is 0.166 e. The van der Waals surface area contributed by atoms with Crippen molar-refractivity contribution in [3.63, 3.8) is 0 Å². The van der Waals surface area contributed by atoms with E-state index in [2.05, 4.69) is 17.2 Å². The SMILES string of the molecule is CC(Nc1ncc(Cl)cc1F)C1CCC1. The zero-order valence-electron chi connectivity index (χ0n) is 8.63. The molecule has 0 spiro atoms. The Labute approximate surface area is 93.9 Å². The Morgan fingerprint density at radius 1 is 1.60 bits per heavy atom. The monoisotopic (exact) mass is 228 g/mol. The Hall–Kier alpha value is -0.830. The van der Waals surface area contributed by atoms with E-state index in [4.69, 9.17) is 11.6 Å². The van der Waals surface area contributed by atoms with Gasteiger partial charge in [0.1, 0.15) is 0 Å². The number of hydrogen-bond donors (Lipinski definition) is 1. The van der Waals surface area contributed by atoms with Gasteiger partial charge in [-0.05, 0) is 31.7 Å². The first kappa shape index (κ1) is 10.7. The van der Waals surface area contributed by atoms with Gasteiger partial charge < -0.3 is 5.32 Å². The van der Waals surface area contributed by atoms with Gasteiger partial charge in [0.25, 0.3) is 0 Å².